The van der Waals surface area contributed by atoms with Gasteiger partial charge in [-0.1, -0.05) is 0 Å². The third-order valence-electron chi connectivity index (χ3n) is 1.90. The van der Waals surface area contributed by atoms with Crippen LogP contribution in [0.5, 0.6) is 0 Å². The van der Waals surface area contributed by atoms with E-state index >= 15 is 0 Å². The first-order chi connectivity index (χ1) is 6.88. The molecular formula is C9H17N3O2S. The van der Waals surface area contributed by atoms with Crippen LogP contribution >= 0.6 is 11.8 Å². The molecule has 5 nitrogen and oxygen atoms in total. The minimum atomic E-state index is -0.417. The van der Waals surface area contributed by atoms with E-state index in [0.29, 0.717) is 18.2 Å². The van der Waals surface area contributed by atoms with Gasteiger partial charge in [-0.05, 0) is 13.8 Å². The summed E-state index contributed by atoms with van der Waals surface area (Å²) in [4.78, 5) is 24.2. The number of rotatable bonds is 4. The summed E-state index contributed by atoms with van der Waals surface area (Å²) in [7, 11) is 0. The average Bonchev–Trinajstić information content (AvgIpc) is 2.47. The molecule has 1 heterocycles. The molecule has 0 saturated carbocycles. The summed E-state index contributed by atoms with van der Waals surface area (Å²) in [6.45, 7) is 4.23. The van der Waals surface area contributed by atoms with Crippen LogP contribution in [0.2, 0.25) is 0 Å². The molecule has 0 aromatic heterocycles. The van der Waals surface area contributed by atoms with Gasteiger partial charge in [0.25, 0.3) is 0 Å². The molecular weight excluding hydrogens is 214 g/mol. The molecule has 15 heavy (non-hydrogen) atoms. The van der Waals surface area contributed by atoms with Gasteiger partial charge in [-0.2, -0.15) is 0 Å². The molecule has 0 spiro atoms. The fourth-order valence-corrected chi connectivity index (χ4v) is 2.00. The molecule has 0 bridgehead atoms. The van der Waals surface area contributed by atoms with Gasteiger partial charge in [0.15, 0.2) is 0 Å². The molecule has 1 fully saturated rings. The van der Waals surface area contributed by atoms with Crippen molar-refractivity contribution in [1.82, 2.24) is 10.2 Å². The van der Waals surface area contributed by atoms with Crippen molar-refractivity contribution in [2.75, 3.05) is 24.7 Å². The zero-order valence-electron chi connectivity index (χ0n) is 9.08. The number of amides is 2. The Kier molecular flexibility index (Phi) is 3.98. The van der Waals surface area contributed by atoms with Crippen LogP contribution in [-0.2, 0) is 9.59 Å². The van der Waals surface area contributed by atoms with E-state index in [-0.39, 0.29) is 18.4 Å². The average molecular weight is 231 g/mol. The highest BCUT2D eigenvalue weighted by Gasteiger charge is 2.23. The molecule has 0 atom stereocenters. The topological polar surface area (TPSA) is 75.4 Å². The second-order valence-corrected chi connectivity index (χ2v) is 5.29. The van der Waals surface area contributed by atoms with Crippen molar-refractivity contribution in [3.8, 4) is 0 Å². The summed E-state index contributed by atoms with van der Waals surface area (Å²) in [5, 5.41) is 2.70. The summed E-state index contributed by atoms with van der Waals surface area (Å²) >= 11 is 1.53. The van der Waals surface area contributed by atoms with Crippen LogP contribution < -0.4 is 11.1 Å². The van der Waals surface area contributed by atoms with Gasteiger partial charge < -0.3 is 16.0 Å². The Hall–Kier alpha value is -0.750. The van der Waals surface area contributed by atoms with Gasteiger partial charge in [0, 0.05) is 12.1 Å². The maximum absolute atomic E-state index is 11.4. The van der Waals surface area contributed by atoms with E-state index in [0.717, 1.165) is 0 Å². The lowest BCUT2D eigenvalue weighted by molar-refractivity contribution is -0.132. The zero-order valence-corrected chi connectivity index (χ0v) is 9.89. The van der Waals surface area contributed by atoms with Crippen molar-refractivity contribution in [3.63, 3.8) is 0 Å². The minimum absolute atomic E-state index is 0.0298. The first-order valence-electron chi connectivity index (χ1n) is 4.79. The predicted octanol–water partition coefficient (Wildman–Crippen LogP) is -0.627. The smallest absolute Gasteiger partial charge is 0.239 e. The molecule has 0 unspecified atom stereocenters. The minimum Gasteiger partial charge on any atom is -0.353 e. The van der Waals surface area contributed by atoms with E-state index in [9.17, 15) is 9.59 Å². The number of thioether (sulfide) groups is 1. The molecule has 2 amide bonds. The standard InChI is InChI=1S/C9H17N3O2S/c1-9(2,10)5-11-7(13)3-12-6-15-4-8(12)14/h3-6,10H2,1-2H3,(H,11,13). The summed E-state index contributed by atoms with van der Waals surface area (Å²) in [5.74, 6) is 0.972. The fourth-order valence-electron chi connectivity index (χ4n) is 1.10. The molecule has 86 valence electrons. The Balaban J connectivity index is 2.27. The number of nitrogens with two attached hydrogens (primary N) is 1. The molecule has 1 aliphatic heterocycles. The van der Waals surface area contributed by atoms with Crippen LogP contribution in [0.25, 0.3) is 0 Å². The van der Waals surface area contributed by atoms with Gasteiger partial charge in [-0.25, -0.2) is 0 Å². The molecule has 3 N–H and O–H groups in total. The summed E-state index contributed by atoms with van der Waals surface area (Å²) in [5.41, 5.74) is 5.30. The van der Waals surface area contributed by atoms with E-state index in [2.05, 4.69) is 5.32 Å². The maximum Gasteiger partial charge on any atom is 0.239 e. The Morgan fingerprint density at radius 2 is 2.33 bits per heavy atom. The number of nitrogens with zero attached hydrogens (tertiary/aromatic N) is 1. The van der Waals surface area contributed by atoms with E-state index < -0.39 is 5.54 Å². The molecule has 0 radical (unpaired) electrons. The van der Waals surface area contributed by atoms with Gasteiger partial charge in [0.2, 0.25) is 11.8 Å². The highest BCUT2D eigenvalue weighted by atomic mass is 32.2. The van der Waals surface area contributed by atoms with Crippen molar-refractivity contribution >= 4 is 23.6 Å². The third kappa shape index (κ3) is 4.53. The van der Waals surface area contributed by atoms with E-state index in [4.69, 9.17) is 5.73 Å². The molecule has 1 saturated heterocycles. The van der Waals surface area contributed by atoms with Crippen LogP contribution in [0.1, 0.15) is 13.8 Å². The second kappa shape index (κ2) is 4.85. The number of carbonyl (C=O) groups is 2. The van der Waals surface area contributed by atoms with Crippen LogP contribution in [0, 0.1) is 0 Å². The van der Waals surface area contributed by atoms with Crippen molar-refractivity contribution in [3.05, 3.63) is 0 Å². The van der Waals surface area contributed by atoms with Crippen molar-refractivity contribution < 1.29 is 9.59 Å². The highest BCUT2D eigenvalue weighted by Crippen LogP contribution is 2.13. The highest BCUT2D eigenvalue weighted by molar-refractivity contribution is 8.00. The van der Waals surface area contributed by atoms with Crippen LogP contribution in [0.15, 0.2) is 0 Å². The zero-order chi connectivity index (χ0) is 11.5. The molecule has 0 aromatic rings. The lowest BCUT2D eigenvalue weighted by atomic mass is 10.1. The van der Waals surface area contributed by atoms with E-state index in [1.165, 1.54) is 11.8 Å². The van der Waals surface area contributed by atoms with Crippen molar-refractivity contribution in [2.45, 2.75) is 19.4 Å². The quantitative estimate of drug-likeness (QED) is 0.675. The predicted molar refractivity (Wildman–Crippen MR) is 60.3 cm³/mol. The molecule has 0 aromatic carbocycles. The lowest BCUT2D eigenvalue weighted by Gasteiger charge is -2.20. The maximum atomic E-state index is 11.4. The number of hydrogen-bond acceptors (Lipinski definition) is 4. The normalized spacial score (nSPS) is 17.0. The summed E-state index contributed by atoms with van der Waals surface area (Å²) in [6.07, 6.45) is 0. The molecule has 0 aliphatic carbocycles. The van der Waals surface area contributed by atoms with Gasteiger partial charge >= 0.3 is 0 Å². The lowest BCUT2D eigenvalue weighted by Crippen LogP contribution is -2.47. The molecule has 1 aliphatic rings. The number of hydrogen-bond donors (Lipinski definition) is 2. The monoisotopic (exact) mass is 231 g/mol. The Morgan fingerprint density at radius 1 is 1.67 bits per heavy atom. The van der Waals surface area contributed by atoms with Gasteiger partial charge in [-0.15, -0.1) is 11.8 Å². The molecule has 6 heteroatoms. The van der Waals surface area contributed by atoms with Gasteiger partial charge in [0.05, 0.1) is 11.6 Å². The number of carbonyl (C=O) groups excluding carboxylic acids is 2. The summed E-state index contributed by atoms with van der Waals surface area (Å²) in [6, 6.07) is 0. The van der Waals surface area contributed by atoms with E-state index in [1.807, 2.05) is 13.8 Å². The summed E-state index contributed by atoms with van der Waals surface area (Å²) < 4.78 is 0. The second-order valence-electron chi connectivity index (χ2n) is 4.33. The largest absolute Gasteiger partial charge is 0.353 e. The van der Waals surface area contributed by atoms with Gasteiger partial charge in [0.1, 0.15) is 6.54 Å². The van der Waals surface area contributed by atoms with Gasteiger partial charge in [-0.3, -0.25) is 9.59 Å². The number of nitrogens with one attached hydrogen (secondary N) is 1. The van der Waals surface area contributed by atoms with Crippen molar-refractivity contribution in [1.29, 1.82) is 0 Å². The van der Waals surface area contributed by atoms with Crippen LogP contribution in [-0.4, -0.2) is 47.0 Å². The van der Waals surface area contributed by atoms with Crippen molar-refractivity contribution in [2.24, 2.45) is 5.73 Å². The Bertz CT molecular complexity index is 263. The third-order valence-corrected chi connectivity index (χ3v) is 2.85. The van der Waals surface area contributed by atoms with Crippen LogP contribution in [0.3, 0.4) is 0 Å². The Labute approximate surface area is 93.7 Å². The first kappa shape index (κ1) is 12.3. The SMILES string of the molecule is CC(C)(N)CNC(=O)CN1CSCC1=O. The first-order valence-corrected chi connectivity index (χ1v) is 5.95. The van der Waals surface area contributed by atoms with Crippen LogP contribution in [0.4, 0.5) is 0 Å². The Morgan fingerprint density at radius 3 is 2.80 bits per heavy atom. The van der Waals surface area contributed by atoms with E-state index in [1.54, 1.807) is 4.90 Å². The molecule has 1 rings (SSSR count). The fraction of sp³-hybridized carbons (Fsp3) is 0.778.